The third kappa shape index (κ3) is 4.01. The summed E-state index contributed by atoms with van der Waals surface area (Å²) in [4.78, 5) is 18.6. The predicted molar refractivity (Wildman–Crippen MR) is 69.5 cm³/mol. The van der Waals surface area contributed by atoms with Gasteiger partial charge in [-0.15, -0.1) is 0 Å². The molecule has 104 valence electrons. The molecular weight excluding hydrogens is 247 g/mol. The van der Waals surface area contributed by atoms with Gasteiger partial charge in [0.2, 0.25) is 5.91 Å². The third-order valence-corrected chi connectivity index (χ3v) is 3.57. The van der Waals surface area contributed by atoms with E-state index in [0.29, 0.717) is 18.9 Å². The van der Waals surface area contributed by atoms with Gasteiger partial charge in [0.1, 0.15) is 5.82 Å². The van der Waals surface area contributed by atoms with Crippen molar-refractivity contribution in [3.05, 3.63) is 35.6 Å². The molecule has 1 aromatic carbocycles. The van der Waals surface area contributed by atoms with E-state index in [0.717, 1.165) is 31.5 Å². The third-order valence-electron chi connectivity index (χ3n) is 3.57. The second kappa shape index (κ2) is 6.63. The quantitative estimate of drug-likeness (QED) is 0.840. The SMILES string of the molecule is NOCC1CCN(C(=O)Cc2ccc(F)cc2)CC1. The summed E-state index contributed by atoms with van der Waals surface area (Å²) >= 11 is 0. The van der Waals surface area contributed by atoms with Crippen LogP contribution in [-0.4, -0.2) is 30.5 Å². The maximum Gasteiger partial charge on any atom is 0.226 e. The lowest BCUT2D eigenvalue weighted by Crippen LogP contribution is -2.40. The minimum Gasteiger partial charge on any atom is -0.342 e. The van der Waals surface area contributed by atoms with Crippen LogP contribution in [0.1, 0.15) is 18.4 Å². The van der Waals surface area contributed by atoms with E-state index < -0.39 is 0 Å². The van der Waals surface area contributed by atoms with Crippen LogP contribution in [0.3, 0.4) is 0 Å². The molecule has 1 saturated heterocycles. The molecule has 1 fully saturated rings. The highest BCUT2D eigenvalue weighted by Gasteiger charge is 2.22. The van der Waals surface area contributed by atoms with E-state index in [2.05, 4.69) is 4.84 Å². The first-order valence-corrected chi connectivity index (χ1v) is 6.53. The zero-order valence-corrected chi connectivity index (χ0v) is 10.8. The van der Waals surface area contributed by atoms with Gasteiger partial charge >= 0.3 is 0 Å². The Bertz CT molecular complexity index is 414. The summed E-state index contributed by atoms with van der Waals surface area (Å²) in [5.41, 5.74) is 0.846. The molecule has 0 bridgehead atoms. The normalized spacial score (nSPS) is 16.6. The van der Waals surface area contributed by atoms with Gasteiger partial charge in [-0.2, -0.15) is 0 Å². The number of hydrogen-bond donors (Lipinski definition) is 1. The molecule has 2 N–H and O–H groups in total. The Morgan fingerprint density at radius 1 is 1.32 bits per heavy atom. The summed E-state index contributed by atoms with van der Waals surface area (Å²) in [6.45, 7) is 2.04. The van der Waals surface area contributed by atoms with Crippen molar-refractivity contribution in [1.82, 2.24) is 4.90 Å². The maximum atomic E-state index is 12.8. The Morgan fingerprint density at radius 3 is 2.53 bits per heavy atom. The average Bonchev–Trinajstić information content (AvgIpc) is 2.42. The van der Waals surface area contributed by atoms with Crippen LogP contribution in [0.15, 0.2) is 24.3 Å². The van der Waals surface area contributed by atoms with E-state index in [9.17, 15) is 9.18 Å². The van der Waals surface area contributed by atoms with Crippen LogP contribution in [0, 0.1) is 11.7 Å². The van der Waals surface area contributed by atoms with Crippen LogP contribution in [0.2, 0.25) is 0 Å². The van der Waals surface area contributed by atoms with E-state index in [4.69, 9.17) is 5.90 Å². The van der Waals surface area contributed by atoms with Crippen LogP contribution in [0.4, 0.5) is 4.39 Å². The fourth-order valence-corrected chi connectivity index (χ4v) is 2.37. The highest BCUT2D eigenvalue weighted by atomic mass is 19.1. The maximum absolute atomic E-state index is 12.8. The van der Waals surface area contributed by atoms with Gasteiger partial charge in [0.15, 0.2) is 0 Å². The van der Waals surface area contributed by atoms with Crippen LogP contribution >= 0.6 is 0 Å². The topological polar surface area (TPSA) is 55.6 Å². The van der Waals surface area contributed by atoms with Crippen molar-refractivity contribution >= 4 is 5.91 Å². The number of benzene rings is 1. The standard InChI is InChI=1S/C14H19FN2O2/c15-13-3-1-11(2-4-13)9-14(18)17-7-5-12(6-8-17)10-19-16/h1-4,12H,5-10,16H2. The monoisotopic (exact) mass is 266 g/mol. The van der Waals surface area contributed by atoms with E-state index in [1.54, 1.807) is 12.1 Å². The molecule has 0 aliphatic carbocycles. The number of amides is 1. The number of carbonyl (C=O) groups is 1. The number of nitrogens with zero attached hydrogens (tertiary/aromatic N) is 1. The van der Waals surface area contributed by atoms with Crippen molar-refractivity contribution in [1.29, 1.82) is 0 Å². The van der Waals surface area contributed by atoms with Gasteiger partial charge in [-0.1, -0.05) is 12.1 Å². The Labute approximate surface area is 112 Å². The fourth-order valence-electron chi connectivity index (χ4n) is 2.37. The molecule has 1 heterocycles. The minimum atomic E-state index is -0.279. The molecule has 1 amide bonds. The second-order valence-corrected chi connectivity index (χ2v) is 4.96. The molecule has 1 aromatic rings. The predicted octanol–water partition coefficient (Wildman–Crippen LogP) is 1.50. The Hall–Kier alpha value is -1.46. The number of halogens is 1. The molecule has 0 spiro atoms. The molecule has 0 atom stereocenters. The second-order valence-electron chi connectivity index (χ2n) is 4.96. The van der Waals surface area contributed by atoms with E-state index >= 15 is 0 Å². The van der Waals surface area contributed by atoms with Crippen LogP contribution in [-0.2, 0) is 16.1 Å². The first kappa shape index (κ1) is 14.0. The smallest absolute Gasteiger partial charge is 0.226 e. The van der Waals surface area contributed by atoms with Crippen molar-refractivity contribution in [2.24, 2.45) is 11.8 Å². The Balaban J connectivity index is 1.83. The lowest BCUT2D eigenvalue weighted by Gasteiger charge is -2.31. The summed E-state index contributed by atoms with van der Waals surface area (Å²) in [6.07, 6.45) is 2.18. The molecule has 0 unspecified atom stereocenters. The van der Waals surface area contributed by atoms with Crippen molar-refractivity contribution in [2.75, 3.05) is 19.7 Å². The van der Waals surface area contributed by atoms with Gasteiger partial charge in [0.25, 0.3) is 0 Å². The van der Waals surface area contributed by atoms with E-state index in [1.165, 1.54) is 12.1 Å². The highest BCUT2D eigenvalue weighted by molar-refractivity contribution is 5.78. The van der Waals surface area contributed by atoms with Gasteiger partial charge in [-0.25, -0.2) is 10.3 Å². The van der Waals surface area contributed by atoms with E-state index in [1.807, 2.05) is 4.90 Å². The fraction of sp³-hybridized carbons (Fsp3) is 0.500. The van der Waals surface area contributed by atoms with Gasteiger partial charge < -0.3 is 9.74 Å². The van der Waals surface area contributed by atoms with Crippen molar-refractivity contribution in [3.8, 4) is 0 Å². The lowest BCUT2D eigenvalue weighted by atomic mass is 9.97. The van der Waals surface area contributed by atoms with Gasteiger partial charge in [-0.3, -0.25) is 4.79 Å². The molecule has 4 nitrogen and oxygen atoms in total. The summed E-state index contributed by atoms with van der Waals surface area (Å²) in [6, 6.07) is 6.07. The number of nitrogens with two attached hydrogens (primary N) is 1. The molecule has 0 saturated carbocycles. The summed E-state index contributed by atoms with van der Waals surface area (Å²) < 4.78 is 12.8. The Morgan fingerprint density at radius 2 is 1.95 bits per heavy atom. The van der Waals surface area contributed by atoms with Crippen LogP contribution < -0.4 is 5.90 Å². The van der Waals surface area contributed by atoms with Crippen molar-refractivity contribution in [3.63, 3.8) is 0 Å². The van der Waals surface area contributed by atoms with Crippen molar-refractivity contribution < 1.29 is 14.0 Å². The molecule has 19 heavy (non-hydrogen) atoms. The number of piperidine rings is 1. The highest BCUT2D eigenvalue weighted by Crippen LogP contribution is 2.18. The van der Waals surface area contributed by atoms with E-state index in [-0.39, 0.29) is 11.7 Å². The summed E-state index contributed by atoms with van der Waals surface area (Å²) in [5, 5.41) is 0. The first-order valence-electron chi connectivity index (χ1n) is 6.53. The zero-order valence-electron chi connectivity index (χ0n) is 10.8. The minimum absolute atomic E-state index is 0.0960. The molecule has 0 radical (unpaired) electrons. The number of carbonyl (C=O) groups excluding carboxylic acids is 1. The van der Waals surface area contributed by atoms with Crippen LogP contribution in [0.5, 0.6) is 0 Å². The molecule has 0 aromatic heterocycles. The first-order chi connectivity index (χ1) is 9.19. The lowest BCUT2D eigenvalue weighted by molar-refractivity contribution is -0.132. The van der Waals surface area contributed by atoms with Gasteiger partial charge in [0, 0.05) is 13.1 Å². The number of rotatable bonds is 4. The largest absolute Gasteiger partial charge is 0.342 e. The molecule has 1 aliphatic heterocycles. The molecule has 2 rings (SSSR count). The van der Waals surface area contributed by atoms with Crippen molar-refractivity contribution in [2.45, 2.75) is 19.3 Å². The van der Waals surface area contributed by atoms with Gasteiger partial charge in [-0.05, 0) is 36.5 Å². The zero-order chi connectivity index (χ0) is 13.7. The summed E-state index contributed by atoms with van der Waals surface area (Å²) in [5.74, 6) is 5.32. The summed E-state index contributed by atoms with van der Waals surface area (Å²) in [7, 11) is 0. The average molecular weight is 266 g/mol. The molecule has 1 aliphatic rings. The van der Waals surface area contributed by atoms with Gasteiger partial charge in [0.05, 0.1) is 13.0 Å². The molecular formula is C14H19FN2O2. The molecule has 5 heteroatoms. The number of hydrogen-bond acceptors (Lipinski definition) is 3. The van der Waals surface area contributed by atoms with Crippen LogP contribution in [0.25, 0.3) is 0 Å². The Kier molecular flexibility index (Phi) is 4.87. The number of likely N-dealkylation sites (tertiary alicyclic amines) is 1.